The number of H-pyrrole nitrogens is 1. The second kappa shape index (κ2) is 3.72. The third-order valence-electron chi connectivity index (χ3n) is 3.50. The van der Waals surface area contributed by atoms with Crippen LogP contribution >= 0.6 is 11.6 Å². The summed E-state index contributed by atoms with van der Waals surface area (Å²) in [6, 6.07) is 14.3. The van der Waals surface area contributed by atoms with E-state index in [9.17, 15) is 0 Å². The fourth-order valence-corrected chi connectivity index (χ4v) is 2.85. The molecule has 0 radical (unpaired) electrons. The first-order chi connectivity index (χ1) is 9.22. The van der Waals surface area contributed by atoms with Crippen molar-refractivity contribution in [3.63, 3.8) is 0 Å². The molecule has 2 nitrogen and oxygen atoms in total. The van der Waals surface area contributed by atoms with E-state index < -0.39 is 0 Å². The van der Waals surface area contributed by atoms with Crippen LogP contribution in [0.5, 0.6) is 0 Å². The number of nitrogens with zero attached hydrogens (tertiary/aromatic N) is 1. The Kier molecular flexibility index (Phi) is 2.12. The Morgan fingerprint density at radius 1 is 1.11 bits per heavy atom. The highest BCUT2D eigenvalue weighted by Gasteiger charge is 2.15. The quantitative estimate of drug-likeness (QED) is 0.487. The van der Waals surface area contributed by atoms with Gasteiger partial charge in [0, 0.05) is 16.3 Å². The van der Waals surface area contributed by atoms with Gasteiger partial charge in [0.15, 0.2) is 0 Å². The molecule has 0 saturated carbocycles. The van der Waals surface area contributed by atoms with Gasteiger partial charge >= 0.3 is 0 Å². The molecule has 19 heavy (non-hydrogen) atoms. The van der Waals surface area contributed by atoms with Crippen LogP contribution in [-0.4, -0.2) is 9.97 Å². The van der Waals surface area contributed by atoms with Crippen LogP contribution in [-0.2, 0) is 0 Å². The molecular formula is C16H11ClN2. The van der Waals surface area contributed by atoms with Crippen molar-refractivity contribution in [3.8, 4) is 11.4 Å². The minimum Gasteiger partial charge on any atom is -0.353 e. The van der Waals surface area contributed by atoms with Crippen LogP contribution in [0.15, 0.2) is 42.5 Å². The molecule has 92 valence electrons. The summed E-state index contributed by atoms with van der Waals surface area (Å²) < 4.78 is 0. The standard InChI is InChI=1S/C16H11ClN2/c1-9-5-6-10-8-14-16(19-13(10)7-9)15-11(17)3-2-4-12(15)18-14/h2-8,19H,1H3. The van der Waals surface area contributed by atoms with Crippen molar-refractivity contribution in [1.82, 2.24) is 9.97 Å². The molecule has 4 rings (SSSR count). The van der Waals surface area contributed by atoms with E-state index in [1.54, 1.807) is 0 Å². The maximum absolute atomic E-state index is 6.30. The summed E-state index contributed by atoms with van der Waals surface area (Å²) in [5.41, 5.74) is 5.25. The van der Waals surface area contributed by atoms with Gasteiger partial charge in [-0.1, -0.05) is 29.8 Å². The Labute approximate surface area is 115 Å². The molecule has 2 aliphatic heterocycles. The molecule has 0 spiro atoms. The molecule has 0 aliphatic carbocycles. The number of nitrogens with one attached hydrogen (secondary N) is 1. The summed E-state index contributed by atoms with van der Waals surface area (Å²) in [5, 5.41) is 2.91. The minimum atomic E-state index is 0.739. The Hall–Kier alpha value is -2.06. The molecule has 2 aromatic carbocycles. The van der Waals surface area contributed by atoms with Crippen molar-refractivity contribution in [2.24, 2.45) is 0 Å². The summed E-state index contributed by atoms with van der Waals surface area (Å²) in [6.45, 7) is 2.09. The lowest BCUT2D eigenvalue weighted by Gasteiger charge is -2.05. The molecule has 0 aromatic heterocycles. The Balaban J connectivity index is 2.22. The van der Waals surface area contributed by atoms with E-state index in [0.29, 0.717) is 0 Å². The Morgan fingerprint density at radius 2 is 2.00 bits per heavy atom. The van der Waals surface area contributed by atoms with Gasteiger partial charge in [-0.05, 0) is 36.8 Å². The van der Waals surface area contributed by atoms with Gasteiger partial charge in [-0.3, -0.25) is 0 Å². The van der Waals surface area contributed by atoms with Crippen molar-refractivity contribution in [3.05, 3.63) is 53.1 Å². The Bertz CT molecular complexity index is 892. The van der Waals surface area contributed by atoms with E-state index in [2.05, 4.69) is 41.2 Å². The van der Waals surface area contributed by atoms with E-state index in [1.165, 1.54) is 5.56 Å². The van der Waals surface area contributed by atoms with Crippen LogP contribution in [0.1, 0.15) is 5.56 Å². The highest BCUT2D eigenvalue weighted by atomic mass is 35.5. The predicted octanol–water partition coefficient (Wildman–Crippen LogP) is 4.78. The minimum absolute atomic E-state index is 0.739. The van der Waals surface area contributed by atoms with E-state index in [-0.39, 0.29) is 0 Å². The average Bonchev–Trinajstić information content (AvgIpc) is 2.74. The number of halogens is 1. The van der Waals surface area contributed by atoms with Crippen molar-refractivity contribution < 1.29 is 0 Å². The zero-order chi connectivity index (χ0) is 13.0. The van der Waals surface area contributed by atoms with Gasteiger partial charge in [-0.2, -0.15) is 0 Å². The van der Waals surface area contributed by atoms with Gasteiger partial charge in [0.1, 0.15) is 0 Å². The number of benzene rings is 2. The largest absolute Gasteiger partial charge is 0.353 e. The molecule has 3 heteroatoms. The summed E-state index contributed by atoms with van der Waals surface area (Å²) >= 11 is 6.30. The maximum Gasteiger partial charge on any atom is 0.0886 e. The SMILES string of the molecule is Cc1ccc2cc3nc4cccc(Cl)c4c-3[nH]c2c1. The van der Waals surface area contributed by atoms with Crippen molar-refractivity contribution in [2.45, 2.75) is 6.92 Å². The predicted molar refractivity (Wildman–Crippen MR) is 80.0 cm³/mol. The second-order valence-electron chi connectivity index (χ2n) is 4.87. The number of hydrogen-bond donors (Lipinski definition) is 1. The van der Waals surface area contributed by atoms with Crippen molar-refractivity contribution in [1.29, 1.82) is 0 Å². The number of aromatic nitrogens is 2. The third kappa shape index (κ3) is 1.53. The topological polar surface area (TPSA) is 28.7 Å². The second-order valence-corrected chi connectivity index (χ2v) is 5.27. The number of aryl methyl sites for hydroxylation is 1. The monoisotopic (exact) mass is 266 g/mol. The lowest BCUT2D eigenvalue weighted by molar-refractivity contribution is 1.36. The molecule has 0 fully saturated rings. The number of rotatable bonds is 0. The van der Waals surface area contributed by atoms with Gasteiger partial charge in [-0.15, -0.1) is 0 Å². The molecule has 2 heterocycles. The van der Waals surface area contributed by atoms with Crippen LogP contribution in [0.25, 0.3) is 33.2 Å². The first kappa shape index (κ1) is 10.8. The number of pyridine rings is 1. The van der Waals surface area contributed by atoms with E-state index >= 15 is 0 Å². The van der Waals surface area contributed by atoms with Gasteiger partial charge < -0.3 is 4.98 Å². The number of hydrogen-bond acceptors (Lipinski definition) is 1. The van der Waals surface area contributed by atoms with Gasteiger partial charge in [0.2, 0.25) is 0 Å². The molecule has 0 bridgehead atoms. The molecular weight excluding hydrogens is 256 g/mol. The summed E-state index contributed by atoms with van der Waals surface area (Å²) in [6.07, 6.45) is 0. The van der Waals surface area contributed by atoms with Crippen LogP contribution < -0.4 is 0 Å². The molecule has 0 saturated heterocycles. The summed E-state index contributed by atoms with van der Waals surface area (Å²) in [5.74, 6) is 0. The molecule has 0 amide bonds. The lowest BCUT2D eigenvalue weighted by atomic mass is 10.1. The average molecular weight is 267 g/mol. The van der Waals surface area contributed by atoms with E-state index in [1.807, 2.05) is 18.2 Å². The fourth-order valence-electron chi connectivity index (χ4n) is 2.58. The summed E-state index contributed by atoms with van der Waals surface area (Å²) in [7, 11) is 0. The molecule has 0 atom stereocenters. The van der Waals surface area contributed by atoms with E-state index in [4.69, 9.17) is 11.6 Å². The molecule has 1 N–H and O–H groups in total. The van der Waals surface area contributed by atoms with E-state index in [0.717, 1.165) is 38.2 Å². The smallest absolute Gasteiger partial charge is 0.0886 e. The zero-order valence-corrected chi connectivity index (χ0v) is 11.1. The lowest BCUT2D eigenvalue weighted by Crippen LogP contribution is -1.86. The van der Waals surface area contributed by atoms with Crippen LogP contribution in [0.2, 0.25) is 5.02 Å². The van der Waals surface area contributed by atoms with Gasteiger partial charge in [-0.25, -0.2) is 4.98 Å². The number of fused-ring (bicyclic) bond motifs is 4. The molecule has 0 unspecified atom stereocenters. The Morgan fingerprint density at radius 3 is 2.89 bits per heavy atom. The highest BCUT2D eigenvalue weighted by Crippen LogP contribution is 2.36. The van der Waals surface area contributed by atoms with Crippen LogP contribution in [0.4, 0.5) is 0 Å². The van der Waals surface area contributed by atoms with Gasteiger partial charge in [0.25, 0.3) is 0 Å². The first-order valence-electron chi connectivity index (χ1n) is 6.20. The zero-order valence-electron chi connectivity index (χ0n) is 10.4. The van der Waals surface area contributed by atoms with Gasteiger partial charge in [0.05, 0.1) is 21.9 Å². The van der Waals surface area contributed by atoms with Crippen LogP contribution in [0.3, 0.4) is 0 Å². The third-order valence-corrected chi connectivity index (χ3v) is 3.81. The molecule has 2 aromatic rings. The van der Waals surface area contributed by atoms with Crippen molar-refractivity contribution in [2.75, 3.05) is 0 Å². The number of aromatic amines is 1. The first-order valence-corrected chi connectivity index (χ1v) is 6.57. The fraction of sp³-hybridized carbons (Fsp3) is 0.0625. The van der Waals surface area contributed by atoms with Crippen molar-refractivity contribution >= 4 is 33.4 Å². The maximum atomic E-state index is 6.30. The summed E-state index contributed by atoms with van der Waals surface area (Å²) in [4.78, 5) is 8.10. The van der Waals surface area contributed by atoms with Crippen LogP contribution in [0, 0.1) is 6.92 Å². The highest BCUT2D eigenvalue weighted by molar-refractivity contribution is 6.36. The normalized spacial score (nSPS) is 11.7. The molecule has 2 aliphatic rings.